The SMILES string of the molecule is [3H]OSSc1cc2c(cc1C(C)(C)C)N(S(=O)(=O)c1ccc(C#N)cc1)CC2. The van der Waals surface area contributed by atoms with Gasteiger partial charge in [0.1, 0.15) is 0 Å². The molecule has 0 spiro atoms. The third-order valence-electron chi connectivity index (χ3n) is 4.54. The zero-order valence-electron chi connectivity index (χ0n) is 16.2. The molecule has 2 aromatic carbocycles. The lowest BCUT2D eigenvalue weighted by Gasteiger charge is -2.26. The molecule has 0 aromatic heterocycles. The Bertz CT molecular complexity index is 1030. The van der Waals surface area contributed by atoms with Crippen LogP contribution in [0.4, 0.5) is 5.69 Å². The fourth-order valence-electron chi connectivity index (χ4n) is 3.16. The normalized spacial score (nSPS) is 14.6. The van der Waals surface area contributed by atoms with E-state index in [0.29, 0.717) is 24.2 Å². The first kappa shape index (κ1) is 18.7. The zero-order valence-corrected chi connectivity index (χ0v) is 17.7. The Balaban J connectivity index is 2.06. The molecule has 0 fully saturated rings. The summed E-state index contributed by atoms with van der Waals surface area (Å²) < 4.78 is 39.1. The predicted molar refractivity (Wildman–Crippen MR) is 111 cm³/mol. The van der Waals surface area contributed by atoms with Gasteiger partial charge < -0.3 is 4.56 Å². The molecule has 3 rings (SSSR count). The third kappa shape index (κ3) is 3.83. The van der Waals surface area contributed by atoms with Gasteiger partial charge in [-0.15, -0.1) is 0 Å². The van der Waals surface area contributed by atoms with Crippen LogP contribution in [-0.2, 0) is 21.9 Å². The summed E-state index contributed by atoms with van der Waals surface area (Å²) in [4.78, 5) is 1.15. The van der Waals surface area contributed by atoms with Gasteiger partial charge in [-0.3, -0.25) is 4.31 Å². The third-order valence-corrected chi connectivity index (χ3v) is 7.69. The van der Waals surface area contributed by atoms with Crippen molar-refractivity contribution in [1.82, 2.24) is 0 Å². The van der Waals surface area contributed by atoms with E-state index in [9.17, 15) is 8.42 Å². The van der Waals surface area contributed by atoms with Gasteiger partial charge in [-0.1, -0.05) is 20.8 Å². The molecule has 5 nitrogen and oxygen atoms in total. The minimum atomic E-state index is -3.71. The number of rotatable bonds is 5. The summed E-state index contributed by atoms with van der Waals surface area (Å²) in [6, 6.07) is 11.9. The van der Waals surface area contributed by atoms with Gasteiger partial charge in [0.25, 0.3) is 10.0 Å². The van der Waals surface area contributed by atoms with E-state index in [1.807, 2.05) is 18.2 Å². The van der Waals surface area contributed by atoms with Crippen LogP contribution in [0.2, 0.25) is 0 Å². The lowest BCUT2D eigenvalue weighted by atomic mass is 9.86. The number of fused-ring (bicyclic) bond motifs is 1. The highest BCUT2D eigenvalue weighted by atomic mass is 33.1. The van der Waals surface area contributed by atoms with Crippen molar-refractivity contribution in [3.8, 4) is 6.07 Å². The largest absolute Gasteiger partial charge is 0.320 e. The summed E-state index contributed by atoms with van der Waals surface area (Å²) in [5.41, 5.74) is 2.87. The molecule has 0 atom stereocenters. The van der Waals surface area contributed by atoms with Gasteiger partial charge in [-0.25, -0.2) is 8.42 Å². The topological polar surface area (TPSA) is 81.4 Å². The van der Waals surface area contributed by atoms with Crippen molar-refractivity contribution in [2.45, 2.75) is 42.4 Å². The average Bonchev–Trinajstić information content (AvgIpc) is 3.08. The van der Waals surface area contributed by atoms with E-state index in [0.717, 1.165) is 27.1 Å². The predicted octanol–water partition coefficient (Wildman–Crippen LogP) is 4.82. The Morgan fingerprint density at radius 3 is 2.56 bits per heavy atom. The van der Waals surface area contributed by atoms with E-state index >= 15 is 0 Å². The maximum absolute atomic E-state index is 13.2. The lowest BCUT2D eigenvalue weighted by molar-refractivity contribution is 0.577. The van der Waals surface area contributed by atoms with E-state index < -0.39 is 10.0 Å². The number of sulfonamides is 1. The van der Waals surface area contributed by atoms with Gasteiger partial charge in [0.15, 0.2) is 0 Å². The fourth-order valence-corrected chi connectivity index (χ4v) is 6.00. The molecule has 0 bridgehead atoms. The van der Waals surface area contributed by atoms with Crippen LogP contribution >= 0.6 is 21.9 Å². The maximum Gasteiger partial charge on any atom is 0.264 e. The number of nitriles is 1. The van der Waals surface area contributed by atoms with Crippen LogP contribution in [0.15, 0.2) is 46.2 Å². The van der Waals surface area contributed by atoms with Gasteiger partial charge in [-0.2, -0.15) is 5.26 Å². The highest BCUT2D eigenvalue weighted by Gasteiger charge is 2.33. The van der Waals surface area contributed by atoms with Gasteiger partial charge in [-0.05, 0) is 70.2 Å². The molecule has 1 aliphatic heterocycles. The highest BCUT2D eigenvalue weighted by Crippen LogP contribution is 2.43. The molecule has 0 radical (unpaired) electrons. The van der Waals surface area contributed by atoms with Crippen molar-refractivity contribution in [2.24, 2.45) is 0 Å². The molecule has 142 valence electrons. The van der Waals surface area contributed by atoms with Crippen LogP contribution in [0.25, 0.3) is 1.43 Å². The van der Waals surface area contributed by atoms with Crippen LogP contribution in [0.5, 0.6) is 0 Å². The van der Waals surface area contributed by atoms with Gasteiger partial charge in [0.05, 0.1) is 33.3 Å². The van der Waals surface area contributed by atoms with E-state index in [-0.39, 0.29) is 10.3 Å². The zero-order chi connectivity index (χ0) is 20.5. The first-order chi connectivity index (χ1) is 13.2. The Hall–Kier alpha value is -1.66. The summed E-state index contributed by atoms with van der Waals surface area (Å²) in [5, 5.41) is 8.93. The van der Waals surface area contributed by atoms with E-state index in [1.165, 1.54) is 39.4 Å². The summed E-state index contributed by atoms with van der Waals surface area (Å²) in [5.74, 6) is 0. The Morgan fingerprint density at radius 1 is 1.26 bits per heavy atom. The van der Waals surface area contributed by atoms with Crippen molar-refractivity contribution in [1.29, 1.82) is 6.69 Å². The first-order valence-corrected chi connectivity index (χ1v) is 11.9. The highest BCUT2D eigenvalue weighted by molar-refractivity contribution is 8.74. The molecular weight excluding hydrogens is 400 g/mol. The van der Waals surface area contributed by atoms with Gasteiger partial charge in [0, 0.05) is 11.4 Å². The van der Waals surface area contributed by atoms with Crippen molar-refractivity contribution < 1.29 is 13.0 Å². The molecule has 0 unspecified atom stereocenters. The van der Waals surface area contributed by atoms with E-state index in [2.05, 4.69) is 25.3 Å². The lowest BCUT2D eigenvalue weighted by Crippen LogP contribution is -2.29. The van der Waals surface area contributed by atoms with Gasteiger partial charge >= 0.3 is 0 Å². The van der Waals surface area contributed by atoms with E-state index in [4.69, 9.17) is 6.69 Å². The molecular formula is C19H20N2O3S3. The number of hydrogen-bond donors (Lipinski definition) is 1. The average molecular weight is 423 g/mol. The second-order valence-electron chi connectivity index (χ2n) is 7.34. The molecule has 1 aliphatic rings. The van der Waals surface area contributed by atoms with Crippen LogP contribution in [-0.4, -0.2) is 19.5 Å². The van der Waals surface area contributed by atoms with Crippen molar-refractivity contribution in [2.75, 3.05) is 10.8 Å². The fraction of sp³-hybridized carbons (Fsp3) is 0.316. The molecule has 0 saturated heterocycles. The minimum absolute atomic E-state index is 0.174. The van der Waals surface area contributed by atoms with Crippen LogP contribution in [0.1, 0.15) is 37.5 Å². The molecule has 1 heterocycles. The minimum Gasteiger partial charge on any atom is -0.320 e. The standard InChI is InChI=1S/C19H20N2O3S3/c1-19(2,3)16-11-17-14(10-18(16)25-26-22)8-9-21(17)27(23,24)15-6-4-13(12-20)5-7-15/h4-7,10-11,22H,8-9H2,1-3H3/i/hT. The smallest absolute Gasteiger partial charge is 0.264 e. The monoisotopic (exact) mass is 422 g/mol. The van der Waals surface area contributed by atoms with Crippen molar-refractivity contribution in [3.63, 3.8) is 0 Å². The number of hydrogen-bond acceptors (Lipinski definition) is 6. The molecule has 27 heavy (non-hydrogen) atoms. The van der Waals surface area contributed by atoms with Gasteiger partial charge in [0.2, 0.25) is 1.43 Å². The summed E-state index contributed by atoms with van der Waals surface area (Å²) >= 11 is 0.969. The van der Waals surface area contributed by atoms with Crippen molar-refractivity contribution >= 4 is 37.6 Å². The van der Waals surface area contributed by atoms with E-state index in [1.54, 1.807) is 0 Å². The molecule has 0 saturated carbocycles. The Morgan fingerprint density at radius 2 is 1.96 bits per heavy atom. The summed E-state index contributed by atoms with van der Waals surface area (Å²) in [6.07, 6.45) is 0.620. The number of nitrogens with zero attached hydrogens (tertiary/aromatic N) is 2. The van der Waals surface area contributed by atoms with Crippen LogP contribution in [0, 0.1) is 11.3 Å². The van der Waals surface area contributed by atoms with Crippen molar-refractivity contribution in [3.05, 3.63) is 53.1 Å². The number of anilines is 1. The number of benzene rings is 2. The first-order valence-electron chi connectivity index (χ1n) is 8.76. The molecule has 0 amide bonds. The summed E-state index contributed by atoms with van der Waals surface area (Å²) in [7, 11) is -2.35. The molecule has 0 aliphatic carbocycles. The molecule has 8 heteroatoms. The molecule has 1 N–H and O–H groups in total. The second kappa shape index (κ2) is 7.40. The maximum atomic E-state index is 13.2. The second-order valence-corrected chi connectivity index (χ2v) is 10.9. The molecule has 2 aromatic rings. The summed E-state index contributed by atoms with van der Waals surface area (Å²) in [6.45, 7) is 6.58. The van der Waals surface area contributed by atoms with Crippen LogP contribution in [0.3, 0.4) is 0 Å². The Labute approximate surface area is 169 Å². The quantitative estimate of drug-likeness (QED) is 0.549. The Kier molecular flexibility index (Phi) is 5.12. The van der Waals surface area contributed by atoms with Crippen LogP contribution < -0.4 is 4.31 Å².